The van der Waals surface area contributed by atoms with E-state index in [0.29, 0.717) is 16.9 Å². The molecule has 0 saturated heterocycles. The Morgan fingerprint density at radius 1 is 1.28 bits per heavy atom. The zero-order valence-corrected chi connectivity index (χ0v) is 13.5. The highest BCUT2D eigenvalue weighted by Gasteiger charge is 2.20. The normalized spacial score (nSPS) is 11.9. The van der Waals surface area contributed by atoms with Crippen LogP contribution in [-0.2, 0) is 16.6 Å². The van der Waals surface area contributed by atoms with Crippen LogP contribution >= 0.6 is 0 Å². The molecule has 0 aliphatic heterocycles. The highest BCUT2D eigenvalue weighted by atomic mass is 16.3. The van der Waals surface area contributed by atoms with Crippen molar-refractivity contribution in [3.8, 4) is 0 Å². The van der Waals surface area contributed by atoms with Crippen LogP contribution in [0.15, 0.2) is 49.1 Å². The van der Waals surface area contributed by atoms with Crippen LogP contribution in [0, 0.1) is 0 Å². The molecular formula is C17H17N5O3. The predicted octanol–water partition coefficient (Wildman–Crippen LogP) is 0.757. The second-order valence-corrected chi connectivity index (χ2v) is 5.48. The van der Waals surface area contributed by atoms with Crippen LogP contribution in [0.4, 0.5) is 5.69 Å². The molecule has 2 heterocycles. The number of hydrogen-bond donors (Lipinski definition) is 3. The number of anilines is 1. The molecule has 0 fully saturated rings. The van der Waals surface area contributed by atoms with E-state index in [1.165, 1.54) is 17.1 Å². The van der Waals surface area contributed by atoms with Crippen molar-refractivity contribution in [2.24, 2.45) is 7.05 Å². The van der Waals surface area contributed by atoms with Gasteiger partial charge < -0.3 is 20.3 Å². The van der Waals surface area contributed by atoms with Crippen LogP contribution in [0.25, 0.3) is 10.9 Å². The average molecular weight is 339 g/mol. The third-order valence-corrected chi connectivity index (χ3v) is 3.71. The van der Waals surface area contributed by atoms with Crippen molar-refractivity contribution in [3.63, 3.8) is 0 Å². The summed E-state index contributed by atoms with van der Waals surface area (Å²) >= 11 is 0. The fourth-order valence-corrected chi connectivity index (χ4v) is 2.43. The minimum Gasteiger partial charge on any atom is -0.377 e. The zero-order chi connectivity index (χ0) is 17.8. The highest BCUT2D eigenvalue weighted by molar-refractivity contribution is 6.01. The van der Waals surface area contributed by atoms with Gasteiger partial charge in [0.15, 0.2) is 6.10 Å². The monoisotopic (exact) mass is 339 g/mol. The number of imidazole rings is 1. The molecule has 0 aliphatic carbocycles. The number of aliphatic hydroxyl groups is 1. The molecule has 8 heteroatoms. The summed E-state index contributed by atoms with van der Waals surface area (Å²) in [5.41, 5.74) is 1.57. The average Bonchev–Trinajstić information content (AvgIpc) is 3.05. The Hall–Kier alpha value is -3.26. The number of fused-ring (bicyclic) bond motifs is 1. The third kappa shape index (κ3) is 3.64. The van der Waals surface area contributed by atoms with Crippen molar-refractivity contribution in [3.05, 3.63) is 54.7 Å². The van der Waals surface area contributed by atoms with Crippen molar-refractivity contribution < 1.29 is 14.7 Å². The van der Waals surface area contributed by atoms with Crippen molar-refractivity contribution in [2.45, 2.75) is 6.10 Å². The molecule has 3 N–H and O–H groups in total. The molecule has 0 radical (unpaired) electrons. The minimum atomic E-state index is -1.39. The van der Waals surface area contributed by atoms with Gasteiger partial charge in [0.2, 0.25) is 5.91 Å². The van der Waals surface area contributed by atoms with Gasteiger partial charge in [0, 0.05) is 18.6 Å². The molecule has 1 aromatic carbocycles. The summed E-state index contributed by atoms with van der Waals surface area (Å²) in [6.07, 6.45) is 3.13. The van der Waals surface area contributed by atoms with E-state index in [-0.39, 0.29) is 6.54 Å². The molecular weight excluding hydrogens is 322 g/mol. The zero-order valence-electron chi connectivity index (χ0n) is 13.5. The Morgan fingerprint density at radius 2 is 2.08 bits per heavy atom. The van der Waals surface area contributed by atoms with Crippen LogP contribution < -0.4 is 10.6 Å². The second kappa shape index (κ2) is 7.10. The fourth-order valence-electron chi connectivity index (χ4n) is 2.43. The molecule has 128 valence electrons. The van der Waals surface area contributed by atoms with Gasteiger partial charge in [-0.15, -0.1) is 0 Å². The first-order chi connectivity index (χ1) is 12.1. The van der Waals surface area contributed by atoms with Crippen molar-refractivity contribution >= 4 is 28.4 Å². The molecule has 3 rings (SSSR count). The van der Waals surface area contributed by atoms with Crippen molar-refractivity contribution in [1.29, 1.82) is 0 Å². The second-order valence-electron chi connectivity index (χ2n) is 5.48. The molecule has 0 bridgehead atoms. The number of pyridine rings is 1. The van der Waals surface area contributed by atoms with Crippen LogP contribution in [0.3, 0.4) is 0 Å². The first-order valence-corrected chi connectivity index (χ1v) is 7.62. The number of nitrogens with zero attached hydrogens (tertiary/aromatic N) is 3. The summed E-state index contributed by atoms with van der Waals surface area (Å²) in [6.45, 7) is -0.267. The maximum Gasteiger partial charge on any atom is 0.255 e. The Bertz CT molecular complexity index is 916. The first kappa shape index (κ1) is 16.6. The highest BCUT2D eigenvalue weighted by Crippen LogP contribution is 2.20. The van der Waals surface area contributed by atoms with Gasteiger partial charge in [-0.2, -0.15) is 0 Å². The molecule has 0 unspecified atom stereocenters. The summed E-state index contributed by atoms with van der Waals surface area (Å²) in [6, 6.07) is 9.14. The third-order valence-electron chi connectivity index (χ3n) is 3.71. The van der Waals surface area contributed by atoms with Gasteiger partial charge in [-0.1, -0.05) is 18.2 Å². The van der Waals surface area contributed by atoms with Gasteiger partial charge in [0.05, 0.1) is 36.0 Å². The molecule has 0 spiro atoms. The number of para-hydroxylation sites is 1. The van der Waals surface area contributed by atoms with Crippen LogP contribution in [-0.4, -0.2) is 38.0 Å². The van der Waals surface area contributed by atoms with Crippen LogP contribution in [0.2, 0.25) is 0 Å². The number of aromatic nitrogens is 3. The molecule has 25 heavy (non-hydrogen) atoms. The number of carbonyl (C=O) groups excluding carboxylic acids is 2. The Morgan fingerprint density at radius 3 is 2.84 bits per heavy atom. The molecule has 8 nitrogen and oxygen atoms in total. The molecule has 2 aromatic heterocycles. The van der Waals surface area contributed by atoms with E-state index in [2.05, 4.69) is 20.6 Å². The lowest BCUT2D eigenvalue weighted by Crippen LogP contribution is -2.36. The molecule has 3 aromatic rings. The van der Waals surface area contributed by atoms with E-state index in [0.717, 1.165) is 5.39 Å². The van der Waals surface area contributed by atoms with Crippen molar-refractivity contribution in [1.82, 2.24) is 19.9 Å². The summed E-state index contributed by atoms with van der Waals surface area (Å²) in [5.74, 6) is -1.08. The smallest absolute Gasteiger partial charge is 0.255 e. The number of aryl methyl sites for hydroxylation is 1. The van der Waals surface area contributed by atoms with E-state index in [1.54, 1.807) is 19.3 Å². The summed E-state index contributed by atoms with van der Waals surface area (Å²) < 4.78 is 1.53. The quantitative estimate of drug-likeness (QED) is 0.636. The fraction of sp³-hybridized carbons (Fsp3) is 0.176. The molecule has 0 aliphatic rings. The molecule has 2 amide bonds. The van der Waals surface area contributed by atoms with Gasteiger partial charge in [-0.25, -0.2) is 4.98 Å². The standard InChI is InChI=1S/C17H17N5O3/c1-22-10-18-8-13(22)16(24)17(25)20-9-14(23)21-12-6-2-4-11-5-3-7-19-15(11)12/h2-8,10,16,24H,9H2,1H3,(H,20,25)(H,21,23)/t16-/m1/s1. The first-order valence-electron chi connectivity index (χ1n) is 7.62. The number of nitrogens with one attached hydrogen (secondary N) is 2. The van der Waals surface area contributed by atoms with E-state index < -0.39 is 17.9 Å². The number of rotatable bonds is 5. The Kier molecular flexibility index (Phi) is 4.71. The lowest BCUT2D eigenvalue weighted by atomic mass is 10.2. The number of aliphatic hydroxyl groups excluding tert-OH is 1. The largest absolute Gasteiger partial charge is 0.377 e. The van der Waals surface area contributed by atoms with Crippen LogP contribution in [0.5, 0.6) is 0 Å². The van der Waals surface area contributed by atoms with E-state index in [4.69, 9.17) is 0 Å². The number of benzene rings is 1. The summed E-state index contributed by atoms with van der Waals surface area (Å²) in [7, 11) is 1.67. The number of amides is 2. The predicted molar refractivity (Wildman–Crippen MR) is 91.6 cm³/mol. The number of hydrogen-bond acceptors (Lipinski definition) is 5. The van der Waals surface area contributed by atoms with E-state index in [9.17, 15) is 14.7 Å². The maximum absolute atomic E-state index is 12.1. The van der Waals surface area contributed by atoms with Gasteiger partial charge in [0.1, 0.15) is 0 Å². The van der Waals surface area contributed by atoms with Gasteiger partial charge in [-0.3, -0.25) is 14.6 Å². The maximum atomic E-state index is 12.1. The van der Waals surface area contributed by atoms with Crippen molar-refractivity contribution in [2.75, 3.05) is 11.9 Å². The Balaban J connectivity index is 1.61. The summed E-state index contributed by atoms with van der Waals surface area (Å²) in [4.78, 5) is 32.1. The van der Waals surface area contributed by atoms with E-state index in [1.807, 2.05) is 24.3 Å². The van der Waals surface area contributed by atoms with Crippen LogP contribution in [0.1, 0.15) is 11.8 Å². The number of carbonyl (C=O) groups is 2. The van der Waals surface area contributed by atoms with Gasteiger partial charge >= 0.3 is 0 Å². The lowest BCUT2D eigenvalue weighted by Gasteiger charge is -2.12. The van der Waals surface area contributed by atoms with Gasteiger partial charge in [-0.05, 0) is 12.1 Å². The lowest BCUT2D eigenvalue weighted by molar-refractivity contribution is -0.131. The molecule has 0 saturated carbocycles. The molecule has 1 atom stereocenters. The minimum absolute atomic E-state index is 0.267. The Labute approximate surface area is 143 Å². The van der Waals surface area contributed by atoms with E-state index >= 15 is 0 Å². The van der Waals surface area contributed by atoms with Gasteiger partial charge in [0.25, 0.3) is 5.91 Å². The topological polar surface area (TPSA) is 109 Å². The SMILES string of the molecule is Cn1cncc1[C@@H](O)C(=O)NCC(=O)Nc1cccc2cccnc12. The summed E-state index contributed by atoms with van der Waals surface area (Å²) in [5, 5.41) is 16.0.